The summed E-state index contributed by atoms with van der Waals surface area (Å²) in [6, 6.07) is 7.58. The Labute approximate surface area is 156 Å². The van der Waals surface area contributed by atoms with Crippen LogP contribution < -0.4 is 0 Å². The van der Waals surface area contributed by atoms with E-state index in [1.807, 2.05) is 36.1 Å². The van der Waals surface area contributed by atoms with E-state index in [1.165, 1.54) is 0 Å². The SMILES string of the molecule is Cc1ccccc1N=C1SCCN1C(=O)[C@@H]1CS[C@@]2(C)CCC(=O)N12. The van der Waals surface area contributed by atoms with Crippen molar-refractivity contribution in [3.05, 3.63) is 29.8 Å². The summed E-state index contributed by atoms with van der Waals surface area (Å²) in [5, 5.41) is 0.754. The van der Waals surface area contributed by atoms with E-state index in [9.17, 15) is 9.59 Å². The summed E-state index contributed by atoms with van der Waals surface area (Å²) in [5.74, 6) is 1.65. The van der Waals surface area contributed by atoms with E-state index in [1.54, 1.807) is 28.4 Å². The Morgan fingerprint density at radius 1 is 1.36 bits per heavy atom. The third kappa shape index (κ3) is 2.87. The highest BCUT2D eigenvalue weighted by molar-refractivity contribution is 8.14. The van der Waals surface area contributed by atoms with E-state index in [2.05, 4.69) is 6.92 Å². The Balaban J connectivity index is 1.60. The molecule has 0 N–H and O–H groups in total. The Kier molecular flexibility index (Phi) is 4.32. The highest BCUT2D eigenvalue weighted by atomic mass is 32.2. The van der Waals surface area contributed by atoms with Crippen LogP contribution in [0.2, 0.25) is 0 Å². The maximum atomic E-state index is 13.2. The number of para-hydroxylation sites is 1. The number of amidine groups is 1. The summed E-state index contributed by atoms with van der Waals surface area (Å²) in [7, 11) is 0. The zero-order chi connectivity index (χ0) is 17.6. The molecule has 0 aromatic heterocycles. The molecule has 2 amide bonds. The van der Waals surface area contributed by atoms with Crippen LogP contribution in [0.5, 0.6) is 0 Å². The van der Waals surface area contributed by atoms with E-state index in [-0.39, 0.29) is 22.7 Å². The van der Waals surface area contributed by atoms with Crippen LogP contribution in [0.3, 0.4) is 0 Å². The lowest BCUT2D eigenvalue weighted by Gasteiger charge is -2.31. The lowest BCUT2D eigenvalue weighted by atomic mass is 10.2. The number of carbonyl (C=O) groups is 2. The van der Waals surface area contributed by atoms with Crippen LogP contribution >= 0.6 is 23.5 Å². The van der Waals surface area contributed by atoms with Gasteiger partial charge in [-0.15, -0.1) is 11.8 Å². The van der Waals surface area contributed by atoms with Crippen molar-refractivity contribution in [3.63, 3.8) is 0 Å². The predicted octanol–water partition coefficient (Wildman–Crippen LogP) is 3.01. The standard InChI is InChI=1S/C18H21N3O2S2/c1-12-5-3-4-6-13(12)19-17-20(9-10-24-17)16(23)14-11-25-18(2)8-7-15(22)21(14)18/h3-6,14H,7-11H2,1-2H3/t14-,18-/m0/s1. The normalized spacial score (nSPS) is 30.4. The number of hydrogen-bond acceptors (Lipinski definition) is 5. The molecule has 0 radical (unpaired) electrons. The Bertz CT molecular complexity index is 766. The number of aliphatic imine (C=N–C) groups is 1. The zero-order valence-electron chi connectivity index (χ0n) is 14.4. The molecule has 1 aromatic carbocycles. The van der Waals surface area contributed by atoms with Crippen molar-refractivity contribution >= 4 is 46.2 Å². The van der Waals surface area contributed by atoms with Gasteiger partial charge in [0.05, 0.1) is 10.6 Å². The summed E-state index contributed by atoms with van der Waals surface area (Å²) >= 11 is 3.34. The van der Waals surface area contributed by atoms with Crippen molar-refractivity contribution in [2.75, 3.05) is 18.1 Å². The first-order valence-electron chi connectivity index (χ1n) is 8.54. The van der Waals surface area contributed by atoms with E-state index < -0.39 is 0 Å². The smallest absolute Gasteiger partial charge is 0.252 e. The number of carbonyl (C=O) groups excluding carboxylic acids is 2. The van der Waals surface area contributed by atoms with Crippen LogP contribution in [0.4, 0.5) is 5.69 Å². The minimum atomic E-state index is -0.356. The highest BCUT2D eigenvalue weighted by Gasteiger charge is 2.54. The fraction of sp³-hybridized carbons (Fsp3) is 0.500. The van der Waals surface area contributed by atoms with Gasteiger partial charge in [-0.1, -0.05) is 30.0 Å². The van der Waals surface area contributed by atoms with E-state index >= 15 is 0 Å². The number of hydrogen-bond donors (Lipinski definition) is 0. The van der Waals surface area contributed by atoms with Crippen molar-refractivity contribution in [2.24, 2.45) is 4.99 Å². The van der Waals surface area contributed by atoms with Gasteiger partial charge in [-0.3, -0.25) is 14.5 Å². The molecular formula is C18H21N3O2S2. The minimum Gasteiger partial charge on any atom is -0.315 e. The van der Waals surface area contributed by atoms with E-state index in [4.69, 9.17) is 4.99 Å². The van der Waals surface area contributed by atoms with Gasteiger partial charge in [0.1, 0.15) is 6.04 Å². The maximum Gasteiger partial charge on any atom is 0.252 e. The summed E-state index contributed by atoms with van der Waals surface area (Å²) in [6.07, 6.45) is 1.38. The predicted molar refractivity (Wildman–Crippen MR) is 103 cm³/mol. The van der Waals surface area contributed by atoms with E-state index in [0.29, 0.717) is 18.7 Å². The maximum absolute atomic E-state index is 13.2. The van der Waals surface area contributed by atoms with Crippen LogP contribution in [-0.4, -0.2) is 55.7 Å². The Hall–Kier alpha value is -1.47. The number of thioether (sulfide) groups is 2. The highest BCUT2D eigenvalue weighted by Crippen LogP contribution is 2.47. The number of nitrogens with zero attached hydrogens (tertiary/aromatic N) is 3. The third-order valence-corrected chi connectivity index (χ3v) is 7.57. The Morgan fingerprint density at radius 3 is 2.96 bits per heavy atom. The van der Waals surface area contributed by atoms with Crippen molar-refractivity contribution in [2.45, 2.75) is 37.6 Å². The molecule has 132 valence electrons. The molecular weight excluding hydrogens is 354 g/mol. The zero-order valence-corrected chi connectivity index (χ0v) is 16.0. The summed E-state index contributed by atoms with van der Waals surface area (Å²) in [4.78, 5) is 33.6. The van der Waals surface area contributed by atoms with Crippen molar-refractivity contribution < 1.29 is 9.59 Å². The van der Waals surface area contributed by atoms with Crippen LogP contribution in [-0.2, 0) is 9.59 Å². The first-order valence-corrected chi connectivity index (χ1v) is 10.5. The molecule has 3 saturated heterocycles. The van der Waals surface area contributed by atoms with E-state index in [0.717, 1.165) is 28.6 Å². The first kappa shape index (κ1) is 17.0. The average Bonchev–Trinajstić information content (AvgIpc) is 3.26. The summed E-state index contributed by atoms with van der Waals surface area (Å²) in [6.45, 7) is 4.76. The minimum absolute atomic E-state index is 0.0174. The first-order chi connectivity index (χ1) is 12.0. The fourth-order valence-electron chi connectivity index (χ4n) is 3.67. The largest absolute Gasteiger partial charge is 0.315 e. The number of rotatable bonds is 2. The number of aryl methyl sites for hydroxylation is 1. The van der Waals surface area contributed by atoms with Gasteiger partial charge >= 0.3 is 0 Å². The van der Waals surface area contributed by atoms with Crippen LogP contribution in [0.25, 0.3) is 0 Å². The van der Waals surface area contributed by atoms with Gasteiger partial charge in [0, 0.05) is 24.5 Å². The molecule has 0 saturated carbocycles. The van der Waals surface area contributed by atoms with Gasteiger partial charge < -0.3 is 4.90 Å². The molecule has 3 aliphatic heterocycles. The van der Waals surface area contributed by atoms with Gasteiger partial charge in [-0.05, 0) is 31.9 Å². The Morgan fingerprint density at radius 2 is 2.16 bits per heavy atom. The van der Waals surface area contributed by atoms with Gasteiger partial charge in [-0.2, -0.15) is 0 Å². The quantitative estimate of drug-likeness (QED) is 0.797. The van der Waals surface area contributed by atoms with Crippen molar-refractivity contribution in [3.8, 4) is 0 Å². The molecule has 0 bridgehead atoms. The lowest BCUT2D eigenvalue weighted by molar-refractivity contribution is -0.141. The number of benzene rings is 1. The molecule has 3 aliphatic rings. The molecule has 1 aromatic rings. The monoisotopic (exact) mass is 375 g/mol. The van der Waals surface area contributed by atoms with Gasteiger partial charge in [-0.25, -0.2) is 4.99 Å². The second-order valence-corrected chi connectivity index (χ2v) is 9.35. The molecule has 0 spiro atoms. The molecule has 0 aliphatic carbocycles. The van der Waals surface area contributed by atoms with Gasteiger partial charge in [0.2, 0.25) is 5.91 Å². The molecule has 3 heterocycles. The molecule has 7 heteroatoms. The summed E-state index contributed by atoms with van der Waals surface area (Å²) in [5.41, 5.74) is 1.99. The van der Waals surface area contributed by atoms with Gasteiger partial charge in [0.25, 0.3) is 5.91 Å². The van der Waals surface area contributed by atoms with Crippen LogP contribution in [0.1, 0.15) is 25.3 Å². The molecule has 0 unspecified atom stereocenters. The molecule has 2 atom stereocenters. The average molecular weight is 376 g/mol. The van der Waals surface area contributed by atoms with Crippen molar-refractivity contribution in [1.29, 1.82) is 0 Å². The third-order valence-electron chi connectivity index (χ3n) is 5.10. The van der Waals surface area contributed by atoms with Gasteiger partial charge in [0.15, 0.2) is 5.17 Å². The molecule has 3 fully saturated rings. The topological polar surface area (TPSA) is 53.0 Å². The lowest BCUT2D eigenvalue weighted by Crippen LogP contribution is -2.51. The second kappa shape index (κ2) is 6.36. The molecule has 4 rings (SSSR count). The second-order valence-electron chi connectivity index (χ2n) is 6.78. The summed E-state index contributed by atoms with van der Waals surface area (Å²) < 4.78 is 0. The van der Waals surface area contributed by atoms with Crippen LogP contribution in [0, 0.1) is 6.92 Å². The molecule has 25 heavy (non-hydrogen) atoms. The number of amides is 2. The fourth-order valence-corrected chi connectivity index (χ4v) is 6.05. The molecule has 5 nitrogen and oxygen atoms in total. The van der Waals surface area contributed by atoms with Crippen molar-refractivity contribution in [1.82, 2.24) is 9.80 Å². The number of fused-ring (bicyclic) bond motifs is 1. The van der Waals surface area contributed by atoms with Crippen LogP contribution in [0.15, 0.2) is 29.3 Å².